The fourth-order valence-corrected chi connectivity index (χ4v) is 2.81. The summed E-state index contributed by atoms with van der Waals surface area (Å²) in [6.07, 6.45) is -2.95. The molecule has 1 aromatic heterocycles. The molecule has 0 spiro atoms. The van der Waals surface area contributed by atoms with Crippen LogP contribution in [0.2, 0.25) is 5.02 Å². The molecule has 1 fully saturated rings. The lowest BCUT2D eigenvalue weighted by Crippen LogP contribution is -2.43. The van der Waals surface area contributed by atoms with Gasteiger partial charge in [0.25, 0.3) is 0 Å². The van der Waals surface area contributed by atoms with E-state index in [0.29, 0.717) is 15.9 Å². The lowest BCUT2D eigenvalue weighted by molar-refractivity contribution is -0.137. The fraction of sp³-hybridized carbons (Fsp3) is 0.357. The second-order valence-electron chi connectivity index (χ2n) is 4.92. The lowest BCUT2D eigenvalue weighted by atomic mass is 10.1. The second-order valence-corrected chi connectivity index (χ2v) is 5.33. The molecule has 0 amide bonds. The highest BCUT2D eigenvalue weighted by Crippen LogP contribution is 2.36. The van der Waals surface area contributed by atoms with E-state index in [1.165, 1.54) is 12.3 Å². The van der Waals surface area contributed by atoms with E-state index in [-0.39, 0.29) is 0 Å². The number of benzene rings is 1. The highest BCUT2D eigenvalue weighted by Gasteiger charge is 2.31. The topological polar surface area (TPSA) is 28.2 Å². The molecule has 0 bridgehead atoms. The summed E-state index contributed by atoms with van der Waals surface area (Å²) in [4.78, 5) is 6.12. The molecule has 1 N–H and O–H groups in total. The third-order valence-corrected chi connectivity index (χ3v) is 3.83. The van der Waals surface area contributed by atoms with Gasteiger partial charge in [0.05, 0.1) is 21.8 Å². The number of anilines is 1. The van der Waals surface area contributed by atoms with E-state index in [4.69, 9.17) is 11.6 Å². The van der Waals surface area contributed by atoms with Gasteiger partial charge in [-0.3, -0.25) is 4.98 Å². The van der Waals surface area contributed by atoms with Crippen molar-refractivity contribution in [2.75, 3.05) is 31.1 Å². The second kappa shape index (κ2) is 5.35. The van der Waals surface area contributed by atoms with Crippen molar-refractivity contribution >= 4 is 28.2 Å². The van der Waals surface area contributed by atoms with Gasteiger partial charge in [0.1, 0.15) is 0 Å². The molecule has 0 unspecified atom stereocenters. The molecule has 0 aliphatic carbocycles. The van der Waals surface area contributed by atoms with E-state index in [1.807, 2.05) is 0 Å². The number of nitrogens with one attached hydrogen (secondary N) is 1. The van der Waals surface area contributed by atoms with Crippen molar-refractivity contribution in [2.45, 2.75) is 6.18 Å². The number of hydrogen-bond acceptors (Lipinski definition) is 3. The monoisotopic (exact) mass is 315 g/mol. The Hall–Kier alpha value is -1.53. The first kappa shape index (κ1) is 14.4. The van der Waals surface area contributed by atoms with Gasteiger partial charge in [0, 0.05) is 37.8 Å². The largest absolute Gasteiger partial charge is 0.416 e. The average Bonchev–Trinajstić information content (AvgIpc) is 2.46. The molecular formula is C14H13ClF3N3. The molecule has 0 saturated carbocycles. The first-order valence-electron chi connectivity index (χ1n) is 6.58. The zero-order valence-corrected chi connectivity index (χ0v) is 11.8. The van der Waals surface area contributed by atoms with Crippen LogP contribution in [0.15, 0.2) is 24.4 Å². The summed E-state index contributed by atoms with van der Waals surface area (Å²) in [5.74, 6) is 0. The number of piperazine rings is 1. The molecule has 7 heteroatoms. The minimum Gasteiger partial charge on any atom is -0.367 e. The van der Waals surface area contributed by atoms with Crippen molar-refractivity contribution in [1.82, 2.24) is 10.3 Å². The van der Waals surface area contributed by atoms with Crippen LogP contribution in [0.1, 0.15) is 5.56 Å². The number of fused-ring (bicyclic) bond motifs is 1. The molecule has 21 heavy (non-hydrogen) atoms. The number of halogens is 4. The minimum absolute atomic E-state index is 0.308. The molecule has 2 aromatic rings. The van der Waals surface area contributed by atoms with E-state index in [0.717, 1.165) is 44.0 Å². The predicted octanol–water partition coefficient (Wildman–Crippen LogP) is 3.32. The maximum absolute atomic E-state index is 12.8. The Morgan fingerprint density at radius 2 is 1.90 bits per heavy atom. The van der Waals surface area contributed by atoms with Gasteiger partial charge < -0.3 is 10.2 Å². The summed E-state index contributed by atoms with van der Waals surface area (Å²) in [5.41, 5.74) is 0.371. The van der Waals surface area contributed by atoms with Crippen LogP contribution in [-0.4, -0.2) is 31.2 Å². The van der Waals surface area contributed by atoms with E-state index >= 15 is 0 Å². The number of hydrogen-bond donors (Lipinski definition) is 1. The number of nitrogens with zero attached hydrogens (tertiary/aromatic N) is 2. The third-order valence-electron chi connectivity index (χ3n) is 3.56. The number of rotatable bonds is 1. The van der Waals surface area contributed by atoms with Crippen LogP contribution in [0.4, 0.5) is 18.9 Å². The molecule has 2 heterocycles. The summed E-state index contributed by atoms with van der Waals surface area (Å²) in [5, 5.41) is 4.34. The van der Waals surface area contributed by atoms with Gasteiger partial charge in [-0.2, -0.15) is 13.2 Å². The van der Waals surface area contributed by atoms with Crippen LogP contribution in [-0.2, 0) is 6.18 Å². The zero-order chi connectivity index (χ0) is 15.0. The molecule has 1 aliphatic heterocycles. The highest BCUT2D eigenvalue weighted by atomic mass is 35.5. The third kappa shape index (κ3) is 2.78. The summed E-state index contributed by atoms with van der Waals surface area (Å²) in [6, 6.07) is 3.60. The van der Waals surface area contributed by atoms with Crippen LogP contribution in [0.25, 0.3) is 10.9 Å². The van der Waals surface area contributed by atoms with Crippen LogP contribution >= 0.6 is 11.6 Å². The predicted molar refractivity (Wildman–Crippen MR) is 76.8 cm³/mol. The molecular weight excluding hydrogens is 303 g/mol. The van der Waals surface area contributed by atoms with E-state index in [2.05, 4.69) is 15.2 Å². The normalized spacial score (nSPS) is 16.5. The van der Waals surface area contributed by atoms with Gasteiger partial charge in [-0.05, 0) is 12.1 Å². The summed E-state index contributed by atoms with van der Waals surface area (Å²) < 4.78 is 38.3. The molecule has 112 valence electrons. The van der Waals surface area contributed by atoms with E-state index in [9.17, 15) is 13.2 Å². The van der Waals surface area contributed by atoms with Crippen molar-refractivity contribution in [3.05, 3.63) is 35.0 Å². The van der Waals surface area contributed by atoms with Crippen LogP contribution in [0.3, 0.4) is 0 Å². The summed E-state index contributed by atoms with van der Waals surface area (Å²) in [6.45, 7) is 3.17. The van der Waals surface area contributed by atoms with Gasteiger partial charge in [0.2, 0.25) is 0 Å². The number of pyridine rings is 1. The summed E-state index contributed by atoms with van der Waals surface area (Å²) >= 11 is 6.22. The van der Waals surface area contributed by atoms with Crippen molar-refractivity contribution in [1.29, 1.82) is 0 Å². The highest BCUT2D eigenvalue weighted by molar-refractivity contribution is 6.34. The zero-order valence-electron chi connectivity index (χ0n) is 11.0. The smallest absolute Gasteiger partial charge is 0.367 e. The average molecular weight is 316 g/mol. The fourth-order valence-electron chi connectivity index (χ4n) is 2.54. The minimum atomic E-state index is -4.37. The lowest BCUT2D eigenvalue weighted by Gasteiger charge is -2.31. The van der Waals surface area contributed by atoms with Crippen molar-refractivity contribution < 1.29 is 13.2 Å². The van der Waals surface area contributed by atoms with Gasteiger partial charge in [-0.25, -0.2) is 0 Å². The standard InChI is InChI=1S/C14H13ClF3N3/c15-11-8-20-12-7-9(14(16,17)18)1-2-10(12)13(11)21-5-3-19-4-6-21/h1-2,7-8,19H,3-6H2. The molecule has 3 nitrogen and oxygen atoms in total. The van der Waals surface area contributed by atoms with Crippen LogP contribution in [0.5, 0.6) is 0 Å². The van der Waals surface area contributed by atoms with Gasteiger partial charge in [-0.1, -0.05) is 17.7 Å². The Balaban J connectivity index is 2.13. The Labute approximate surface area is 124 Å². The molecule has 0 radical (unpaired) electrons. The Morgan fingerprint density at radius 3 is 2.57 bits per heavy atom. The first-order valence-corrected chi connectivity index (χ1v) is 6.96. The van der Waals surface area contributed by atoms with Crippen LogP contribution < -0.4 is 10.2 Å². The van der Waals surface area contributed by atoms with E-state index in [1.54, 1.807) is 0 Å². The SMILES string of the molecule is FC(F)(F)c1ccc2c(N3CCNCC3)c(Cl)cnc2c1. The van der Waals surface area contributed by atoms with Crippen molar-refractivity contribution in [3.8, 4) is 0 Å². The van der Waals surface area contributed by atoms with E-state index < -0.39 is 11.7 Å². The first-order chi connectivity index (χ1) is 9.97. The van der Waals surface area contributed by atoms with Gasteiger partial charge in [0.15, 0.2) is 0 Å². The van der Waals surface area contributed by atoms with Crippen molar-refractivity contribution in [2.24, 2.45) is 0 Å². The molecule has 1 saturated heterocycles. The maximum atomic E-state index is 12.8. The Kier molecular flexibility index (Phi) is 3.67. The Bertz CT molecular complexity index is 666. The van der Waals surface area contributed by atoms with Gasteiger partial charge in [-0.15, -0.1) is 0 Å². The number of alkyl halides is 3. The number of aromatic nitrogens is 1. The molecule has 1 aromatic carbocycles. The molecule has 1 aliphatic rings. The summed E-state index contributed by atoms with van der Waals surface area (Å²) in [7, 11) is 0. The maximum Gasteiger partial charge on any atom is 0.416 e. The van der Waals surface area contributed by atoms with Crippen molar-refractivity contribution in [3.63, 3.8) is 0 Å². The molecule has 0 atom stereocenters. The molecule has 3 rings (SSSR count). The Morgan fingerprint density at radius 1 is 1.19 bits per heavy atom. The quantitative estimate of drug-likeness (QED) is 0.875. The van der Waals surface area contributed by atoms with Crippen LogP contribution in [0, 0.1) is 0 Å². The van der Waals surface area contributed by atoms with Gasteiger partial charge >= 0.3 is 6.18 Å².